The molecule has 1 unspecified atom stereocenters. The minimum Gasteiger partial charge on any atom is -0.481 e. The van der Waals surface area contributed by atoms with Crippen molar-refractivity contribution in [3.8, 4) is 0 Å². The van der Waals surface area contributed by atoms with Gasteiger partial charge in [0.25, 0.3) is 0 Å². The minimum absolute atomic E-state index is 0.326. The topological polar surface area (TPSA) is 37.3 Å². The fourth-order valence-corrected chi connectivity index (χ4v) is 4.91. The lowest BCUT2D eigenvalue weighted by Gasteiger charge is -2.38. The van der Waals surface area contributed by atoms with E-state index in [1.54, 1.807) is 6.08 Å². The molecule has 2 saturated carbocycles. The van der Waals surface area contributed by atoms with Crippen LogP contribution in [0.2, 0.25) is 0 Å². The lowest BCUT2D eigenvalue weighted by Crippen LogP contribution is -2.30. The summed E-state index contributed by atoms with van der Waals surface area (Å²) < 4.78 is 0. The van der Waals surface area contributed by atoms with Crippen molar-refractivity contribution in [3.63, 3.8) is 0 Å². The fraction of sp³-hybridized carbons (Fsp3) is 0.850. The van der Waals surface area contributed by atoms with Crippen molar-refractivity contribution in [1.82, 2.24) is 0 Å². The third-order valence-electron chi connectivity index (χ3n) is 6.39. The van der Waals surface area contributed by atoms with Crippen molar-refractivity contribution in [2.75, 3.05) is 0 Å². The number of carboxylic acid groups (broad SMARTS) is 1. The van der Waals surface area contributed by atoms with E-state index in [-0.39, 0.29) is 5.92 Å². The van der Waals surface area contributed by atoms with Gasteiger partial charge in [-0.15, -0.1) is 6.58 Å². The van der Waals surface area contributed by atoms with Gasteiger partial charge in [0.1, 0.15) is 0 Å². The van der Waals surface area contributed by atoms with Crippen molar-refractivity contribution in [1.29, 1.82) is 0 Å². The predicted molar refractivity (Wildman–Crippen MR) is 91.7 cm³/mol. The summed E-state index contributed by atoms with van der Waals surface area (Å²) in [5, 5.41) is 9.27. The second-order valence-corrected chi connectivity index (χ2v) is 7.70. The lowest BCUT2D eigenvalue weighted by atomic mass is 9.67. The van der Waals surface area contributed by atoms with Crippen LogP contribution < -0.4 is 0 Å². The van der Waals surface area contributed by atoms with Gasteiger partial charge in [-0.1, -0.05) is 45.1 Å². The van der Waals surface area contributed by atoms with Crippen LogP contribution >= 0.6 is 0 Å². The molecule has 2 aliphatic rings. The number of aliphatic carboxylic acids is 1. The molecule has 0 radical (unpaired) electrons. The van der Waals surface area contributed by atoms with Crippen LogP contribution in [0.15, 0.2) is 12.7 Å². The summed E-state index contributed by atoms with van der Waals surface area (Å²) in [6.07, 6.45) is 16.2. The monoisotopic (exact) mass is 306 g/mol. The molecule has 0 heterocycles. The van der Waals surface area contributed by atoms with Crippen LogP contribution in [0.4, 0.5) is 0 Å². The van der Waals surface area contributed by atoms with Crippen molar-refractivity contribution in [3.05, 3.63) is 12.7 Å². The molecule has 0 aromatic rings. The van der Waals surface area contributed by atoms with E-state index in [9.17, 15) is 9.90 Å². The van der Waals surface area contributed by atoms with Gasteiger partial charge < -0.3 is 5.11 Å². The zero-order valence-electron chi connectivity index (χ0n) is 14.3. The molecular weight excluding hydrogens is 272 g/mol. The van der Waals surface area contributed by atoms with Crippen molar-refractivity contribution in [2.45, 2.75) is 77.6 Å². The molecule has 2 nitrogen and oxygen atoms in total. The third kappa shape index (κ3) is 4.60. The first-order valence-electron chi connectivity index (χ1n) is 9.51. The molecule has 126 valence electrons. The molecule has 22 heavy (non-hydrogen) atoms. The summed E-state index contributed by atoms with van der Waals surface area (Å²) in [5.41, 5.74) is 0. The molecule has 0 spiro atoms. The number of rotatable bonds is 7. The number of carboxylic acids is 1. The molecule has 2 heteroatoms. The lowest BCUT2D eigenvalue weighted by molar-refractivity contribution is -0.142. The quantitative estimate of drug-likeness (QED) is 0.615. The molecule has 2 fully saturated rings. The highest BCUT2D eigenvalue weighted by atomic mass is 16.4. The Morgan fingerprint density at radius 3 is 2.09 bits per heavy atom. The van der Waals surface area contributed by atoms with Gasteiger partial charge in [0.15, 0.2) is 0 Å². The number of hydrogen-bond donors (Lipinski definition) is 1. The van der Waals surface area contributed by atoms with Gasteiger partial charge in [0, 0.05) is 0 Å². The van der Waals surface area contributed by atoms with E-state index in [2.05, 4.69) is 13.5 Å². The predicted octanol–water partition coefficient (Wildman–Crippen LogP) is 5.68. The summed E-state index contributed by atoms with van der Waals surface area (Å²) in [7, 11) is 0. The van der Waals surface area contributed by atoms with E-state index < -0.39 is 5.97 Å². The van der Waals surface area contributed by atoms with Gasteiger partial charge in [0.2, 0.25) is 0 Å². The van der Waals surface area contributed by atoms with E-state index in [1.807, 2.05) is 0 Å². The summed E-state index contributed by atoms with van der Waals surface area (Å²) in [6, 6.07) is 0. The second kappa shape index (κ2) is 8.74. The summed E-state index contributed by atoms with van der Waals surface area (Å²) in [6.45, 7) is 6.01. The Morgan fingerprint density at radius 2 is 1.64 bits per heavy atom. The summed E-state index contributed by atoms with van der Waals surface area (Å²) >= 11 is 0. The van der Waals surface area contributed by atoms with E-state index in [4.69, 9.17) is 0 Å². The molecule has 2 aliphatic carbocycles. The zero-order valence-corrected chi connectivity index (χ0v) is 14.3. The molecule has 0 saturated heterocycles. The van der Waals surface area contributed by atoms with E-state index in [1.165, 1.54) is 57.8 Å². The zero-order chi connectivity index (χ0) is 15.9. The van der Waals surface area contributed by atoms with Crippen molar-refractivity contribution < 1.29 is 9.90 Å². The number of carbonyl (C=O) groups is 1. The average molecular weight is 306 g/mol. The van der Waals surface area contributed by atoms with Crippen LogP contribution in [0.3, 0.4) is 0 Å². The molecule has 1 N–H and O–H groups in total. The van der Waals surface area contributed by atoms with Crippen LogP contribution in [0.5, 0.6) is 0 Å². The maximum Gasteiger partial charge on any atom is 0.310 e. The smallest absolute Gasteiger partial charge is 0.310 e. The standard InChI is InChI=1S/C20H34O2/c1-3-5-6-15-7-9-16(10-8-15)17-11-13-18(14-12-17)19(4-2)20(21)22/h4,15-19H,2-3,5-14H2,1H3,(H,21,22). The van der Waals surface area contributed by atoms with Crippen LogP contribution in [0.25, 0.3) is 0 Å². The first kappa shape index (κ1) is 17.6. The fourth-order valence-electron chi connectivity index (χ4n) is 4.91. The Morgan fingerprint density at radius 1 is 1.09 bits per heavy atom. The van der Waals surface area contributed by atoms with Gasteiger partial charge in [-0.2, -0.15) is 0 Å². The van der Waals surface area contributed by atoms with E-state index >= 15 is 0 Å². The molecule has 1 atom stereocenters. The molecule has 0 bridgehead atoms. The average Bonchev–Trinajstić information content (AvgIpc) is 2.54. The third-order valence-corrected chi connectivity index (χ3v) is 6.39. The van der Waals surface area contributed by atoms with Gasteiger partial charge in [-0.25, -0.2) is 0 Å². The Bertz CT molecular complexity index is 347. The molecule has 0 amide bonds. The van der Waals surface area contributed by atoms with Gasteiger partial charge >= 0.3 is 5.97 Å². The van der Waals surface area contributed by atoms with E-state index in [0.717, 1.165) is 30.6 Å². The summed E-state index contributed by atoms with van der Waals surface area (Å²) in [5.74, 6) is 2.09. The van der Waals surface area contributed by atoms with Gasteiger partial charge in [0.05, 0.1) is 5.92 Å². The van der Waals surface area contributed by atoms with Gasteiger partial charge in [-0.3, -0.25) is 4.79 Å². The summed E-state index contributed by atoms with van der Waals surface area (Å²) in [4.78, 5) is 11.3. The van der Waals surface area contributed by atoms with Gasteiger partial charge in [-0.05, 0) is 62.2 Å². The highest BCUT2D eigenvalue weighted by molar-refractivity contribution is 5.72. The van der Waals surface area contributed by atoms with Crippen molar-refractivity contribution >= 4 is 5.97 Å². The Labute approximate surface area is 136 Å². The highest BCUT2D eigenvalue weighted by Crippen LogP contribution is 2.43. The number of hydrogen-bond acceptors (Lipinski definition) is 1. The first-order valence-corrected chi connectivity index (χ1v) is 9.51. The molecular formula is C20H34O2. The molecule has 0 aromatic heterocycles. The largest absolute Gasteiger partial charge is 0.481 e. The minimum atomic E-state index is -0.685. The van der Waals surface area contributed by atoms with Crippen molar-refractivity contribution in [2.24, 2.45) is 29.6 Å². The van der Waals surface area contributed by atoms with Crippen LogP contribution in [0, 0.1) is 29.6 Å². The second-order valence-electron chi connectivity index (χ2n) is 7.70. The molecule has 0 aromatic carbocycles. The van der Waals surface area contributed by atoms with Crippen LogP contribution in [0.1, 0.15) is 77.6 Å². The van der Waals surface area contributed by atoms with E-state index in [0.29, 0.717) is 5.92 Å². The SMILES string of the molecule is C=CC(C(=O)O)C1CCC(C2CCC(CCCC)CC2)CC1. The number of unbranched alkanes of at least 4 members (excludes halogenated alkanes) is 1. The molecule has 2 rings (SSSR count). The maximum absolute atomic E-state index is 11.3. The first-order chi connectivity index (χ1) is 10.7. The van der Waals surface area contributed by atoms with Crippen LogP contribution in [-0.4, -0.2) is 11.1 Å². The maximum atomic E-state index is 11.3. The highest BCUT2D eigenvalue weighted by Gasteiger charge is 2.34. The Balaban J connectivity index is 1.73. The molecule has 0 aliphatic heterocycles. The normalized spacial score (nSPS) is 34.0. The Hall–Kier alpha value is -0.790. The van der Waals surface area contributed by atoms with Crippen LogP contribution in [-0.2, 0) is 4.79 Å². The Kier molecular flexibility index (Phi) is 6.98.